The van der Waals surface area contributed by atoms with E-state index in [0.29, 0.717) is 6.10 Å². The fourth-order valence-electron chi connectivity index (χ4n) is 2.31. The van der Waals surface area contributed by atoms with Gasteiger partial charge in [0.2, 0.25) is 0 Å². The van der Waals surface area contributed by atoms with Gasteiger partial charge in [-0.15, -0.1) is 0 Å². The third-order valence-corrected chi connectivity index (χ3v) is 3.10. The van der Waals surface area contributed by atoms with E-state index < -0.39 is 0 Å². The molecule has 1 aromatic carbocycles. The highest BCUT2D eigenvalue weighted by Crippen LogP contribution is 2.19. The molecule has 2 nitrogen and oxygen atoms in total. The molecule has 2 heterocycles. The quantitative estimate of drug-likeness (QED) is 0.728. The molecule has 1 aromatic heterocycles. The normalized spacial score (nSPS) is 21.2. The van der Waals surface area contributed by atoms with Crippen molar-refractivity contribution in [2.75, 3.05) is 6.61 Å². The molecule has 1 fully saturated rings. The monoisotopic (exact) mass is 201 g/mol. The molecule has 1 aliphatic heterocycles. The first-order valence-corrected chi connectivity index (χ1v) is 5.59. The van der Waals surface area contributed by atoms with E-state index >= 15 is 0 Å². The van der Waals surface area contributed by atoms with Gasteiger partial charge in [0.1, 0.15) is 0 Å². The average Bonchev–Trinajstić information content (AvgIpc) is 2.89. The third-order valence-electron chi connectivity index (χ3n) is 3.10. The molecule has 1 aliphatic rings. The number of ether oxygens (including phenoxy) is 1. The number of fused-ring (bicyclic) bond motifs is 1. The van der Waals surface area contributed by atoms with Crippen LogP contribution in [0.1, 0.15) is 12.8 Å². The Kier molecular flexibility index (Phi) is 2.22. The van der Waals surface area contributed by atoms with Crippen molar-refractivity contribution in [2.45, 2.75) is 25.5 Å². The summed E-state index contributed by atoms with van der Waals surface area (Å²) in [5, 5.41) is 1.32. The predicted octanol–water partition coefficient (Wildman–Crippen LogP) is 2.82. The zero-order chi connectivity index (χ0) is 10.1. The molecular weight excluding hydrogens is 186 g/mol. The molecule has 0 radical (unpaired) electrons. The van der Waals surface area contributed by atoms with Gasteiger partial charge in [0.25, 0.3) is 0 Å². The van der Waals surface area contributed by atoms with Gasteiger partial charge in [-0.25, -0.2) is 0 Å². The molecule has 2 aromatic rings. The van der Waals surface area contributed by atoms with E-state index in [9.17, 15) is 0 Å². The summed E-state index contributed by atoms with van der Waals surface area (Å²) in [5.74, 6) is 0. The van der Waals surface area contributed by atoms with E-state index in [1.54, 1.807) is 0 Å². The van der Waals surface area contributed by atoms with Crippen LogP contribution in [0, 0.1) is 0 Å². The highest BCUT2D eigenvalue weighted by atomic mass is 16.5. The Labute approximate surface area is 89.5 Å². The molecule has 1 saturated heterocycles. The highest BCUT2D eigenvalue weighted by Gasteiger charge is 2.16. The summed E-state index contributed by atoms with van der Waals surface area (Å²) >= 11 is 0. The largest absolute Gasteiger partial charge is 0.376 e. The zero-order valence-corrected chi connectivity index (χ0v) is 8.73. The van der Waals surface area contributed by atoms with Crippen LogP contribution in [0.15, 0.2) is 36.5 Å². The number of hydrogen-bond donors (Lipinski definition) is 0. The second-order valence-corrected chi connectivity index (χ2v) is 4.16. The number of nitrogens with zero attached hydrogens (tertiary/aromatic N) is 1. The second kappa shape index (κ2) is 3.70. The minimum Gasteiger partial charge on any atom is -0.376 e. The number of hydrogen-bond acceptors (Lipinski definition) is 1. The maximum absolute atomic E-state index is 5.65. The molecule has 0 bridgehead atoms. The van der Waals surface area contributed by atoms with Crippen LogP contribution in [-0.4, -0.2) is 17.3 Å². The maximum atomic E-state index is 5.65. The van der Waals surface area contributed by atoms with E-state index in [2.05, 4.69) is 41.1 Å². The second-order valence-electron chi connectivity index (χ2n) is 4.16. The standard InChI is InChI=1S/C13H15NO/c1-2-6-13-11(4-1)7-8-14(13)10-12-5-3-9-15-12/h1-2,4,6-8,12H,3,5,9-10H2. The molecule has 0 spiro atoms. The first kappa shape index (κ1) is 8.98. The van der Waals surface area contributed by atoms with Gasteiger partial charge in [0.05, 0.1) is 6.10 Å². The van der Waals surface area contributed by atoms with E-state index in [-0.39, 0.29) is 0 Å². The lowest BCUT2D eigenvalue weighted by molar-refractivity contribution is 0.0980. The fraction of sp³-hybridized carbons (Fsp3) is 0.385. The van der Waals surface area contributed by atoms with Crippen LogP contribution < -0.4 is 0 Å². The van der Waals surface area contributed by atoms with Crippen molar-refractivity contribution in [3.8, 4) is 0 Å². The number of para-hydroxylation sites is 1. The molecule has 1 atom stereocenters. The van der Waals surface area contributed by atoms with E-state index in [1.807, 2.05) is 0 Å². The maximum Gasteiger partial charge on any atom is 0.0754 e. The van der Waals surface area contributed by atoms with Crippen LogP contribution in [0.5, 0.6) is 0 Å². The number of aromatic nitrogens is 1. The zero-order valence-electron chi connectivity index (χ0n) is 8.73. The molecule has 3 rings (SSSR count). The lowest BCUT2D eigenvalue weighted by atomic mass is 10.2. The van der Waals surface area contributed by atoms with Crippen molar-refractivity contribution >= 4 is 10.9 Å². The Bertz CT molecular complexity index is 454. The Morgan fingerprint density at radius 3 is 3.07 bits per heavy atom. The lowest BCUT2D eigenvalue weighted by Crippen LogP contribution is -2.13. The van der Waals surface area contributed by atoms with Gasteiger partial charge in [-0.1, -0.05) is 18.2 Å². The van der Waals surface area contributed by atoms with E-state index in [0.717, 1.165) is 13.2 Å². The predicted molar refractivity (Wildman–Crippen MR) is 60.9 cm³/mol. The Hall–Kier alpha value is -1.28. The van der Waals surface area contributed by atoms with Crippen molar-refractivity contribution in [2.24, 2.45) is 0 Å². The summed E-state index contributed by atoms with van der Waals surface area (Å²) in [6.45, 7) is 1.93. The van der Waals surface area contributed by atoms with Gasteiger partial charge in [-0.3, -0.25) is 0 Å². The number of rotatable bonds is 2. The molecule has 0 saturated carbocycles. The lowest BCUT2D eigenvalue weighted by Gasteiger charge is -2.11. The van der Waals surface area contributed by atoms with E-state index in [4.69, 9.17) is 4.74 Å². The van der Waals surface area contributed by atoms with Gasteiger partial charge in [0, 0.05) is 24.9 Å². The minimum atomic E-state index is 0.417. The first-order valence-electron chi connectivity index (χ1n) is 5.59. The van der Waals surface area contributed by atoms with Crippen LogP contribution >= 0.6 is 0 Å². The van der Waals surface area contributed by atoms with Crippen molar-refractivity contribution < 1.29 is 4.74 Å². The van der Waals surface area contributed by atoms with Crippen LogP contribution in [-0.2, 0) is 11.3 Å². The Balaban J connectivity index is 1.90. The Morgan fingerprint density at radius 2 is 2.20 bits per heavy atom. The molecule has 78 valence electrons. The smallest absolute Gasteiger partial charge is 0.0754 e. The van der Waals surface area contributed by atoms with Gasteiger partial charge >= 0.3 is 0 Å². The molecule has 0 N–H and O–H groups in total. The molecule has 2 heteroatoms. The summed E-state index contributed by atoms with van der Waals surface area (Å²) in [6, 6.07) is 10.7. The summed E-state index contributed by atoms with van der Waals surface area (Å²) < 4.78 is 7.95. The van der Waals surface area contributed by atoms with Crippen LogP contribution in [0.25, 0.3) is 10.9 Å². The van der Waals surface area contributed by atoms with E-state index in [1.165, 1.54) is 23.7 Å². The minimum absolute atomic E-state index is 0.417. The highest BCUT2D eigenvalue weighted by molar-refractivity contribution is 5.79. The average molecular weight is 201 g/mol. The van der Waals surface area contributed by atoms with Gasteiger partial charge < -0.3 is 9.30 Å². The molecule has 15 heavy (non-hydrogen) atoms. The molecule has 0 aliphatic carbocycles. The summed E-state index contributed by atoms with van der Waals surface area (Å²) in [5.41, 5.74) is 1.31. The van der Waals surface area contributed by atoms with Crippen LogP contribution in [0.2, 0.25) is 0 Å². The Morgan fingerprint density at radius 1 is 1.27 bits per heavy atom. The van der Waals surface area contributed by atoms with Crippen molar-refractivity contribution in [3.05, 3.63) is 36.5 Å². The first-order chi connectivity index (χ1) is 7.43. The molecule has 1 unspecified atom stereocenters. The van der Waals surface area contributed by atoms with Crippen molar-refractivity contribution in [1.82, 2.24) is 4.57 Å². The third kappa shape index (κ3) is 1.65. The van der Waals surface area contributed by atoms with Gasteiger partial charge in [-0.2, -0.15) is 0 Å². The fourth-order valence-corrected chi connectivity index (χ4v) is 2.31. The van der Waals surface area contributed by atoms with Crippen LogP contribution in [0.3, 0.4) is 0 Å². The van der Waals surface area contributed by atoms with Gasteiger partial charge in [-0.05, 0) is 30.4 Å². The molecule has 0 amide bonds. The number of benzene rings is 1. The van der Waals surface area contributed by atoms with Gasteiger partial charge in [0.15, 0.2) is 0 Å². The topological polar surface area (TPSA) is 14.2 Å². The molecular formula is C13H15NO. The summed E-state index contributed by atoms with van der Waals surface area (Å²) in [7, 11) is 0. The SMILES string of the molecule is c1ccc2c(c1)ccn2CC1CCCO1. The summed E-state index contributed by atoms with van der Waals surface area (Å²) in [6.07, 6.45) is 4.99. The van der Waals surface area contributed by atoms with Crippen LogP contribution in [0.4, 0.5) is 0 Å². The van der Waals surface area contributed by atoms with Crippen molar-refractivity contribution in [3.63, 3.8) is 0 Å². The summed E-state index contributed by atoms with van der Waals surface area (Å²) in [4.78, 5) is 0. The van der Waals surface area contributed by atoms with Crippen molar-refractivity contribution in [1.29, 1.82) is 0 Å².